The van der Waals surface area contributed by atoms with Gasteiger partial charge in [0.2, 0.25) is 0 Å². The second-order valence-electron chi connectivity index (χ2n) is 5.94. The first-order chi connectivity index (χ1) is 9.52. The molecule has 4 nitrogen and oxygen atoms in total. The number of pyridine rings is 1. The molecule has 1 fully saturated rings. The van der Waals surface area contributed by atoms with Crippen LogP contribution in [0, 0.1) is 6.92 Å². The molecule has 1 atom stereocenters. The van der Waals surface area contributed by atoms with Crippen LogP contribution in [0.2, 0.25) is 0 Å². The summed E-state index contributed by atoms with van der Waals surface area (Å²) in [6.07, 6.45) is 2.18. The molecule has 0 aliphatic carbocycles. The van der Waals surface area contributed by atoms with E-state index in [9.17, 15) is 5.11 Å². The minimum absolute atomic E-state index is 0.394. The Hall–Kier alpha value is -1.13. The summed E-state index contributed by atoms with van der Waals surface area (Å²) in [5.41, 5.74) is 2.09. The lowest BCUT2D eigenvalue weighted by Crippen LogP contribution is -2.49. The van der Waals surface area contributed by atoms with Crippen LogP contribution in [0.4, 0.5) is 5.82 Å². The smallest absolute Gasteiger partial charge is 0.128 e. The van der Waals surface area contributed by atoms with Gasteiger partial charge in [0.05, 0.1) is 6.10 Å². The van der Waals surface area contributed by atoms with Crippen molar-refractivity contribution >= 4 is 5.82 Å². The van der Waals surface area contributed by atoms with Gasteiger partial charge in [-0.05, 0) is 38.8 Å². The van der Waals surface area contributed by atoms with Crippen molar-refractivity contribution in [2.45, 2.75) is 46.3 Å². The molecule has 2 heterocycles. The number of hydrogen-bond donors (Lipinski definition) is 1. The van der Waals surface area contributed by atoms with Crippen LogP contribution >= 0.6 is 0 Å². The van der Waals surface area contributed by atoms with Crippen molar-refractivity contribution in [3.05, 3.63) is 23.4 Å². The van der Waals surface area contributed by atoms with E-state index >= 15 is 0 Å². The van der Waals surface area contributed by atoms with Crippen molar-refractivity contribution in [3.8, 4) is 0 Å². The van der Waals surface area contributed by atoms with Crippen LogP contribution in [-0.2, 0) is 0 Å². The normalized spacial score (nSPS) is 18.6. The Balaban J connectivity index is 2.06. The Kier molecular flexibility index (Phi) is 5.00. The van der Waals surface area contributed by atoms with E-state index in [4.69, 9.17) is 0 Å². The molecule has 0 amide bonds. The summed E-state index contributed by atoms with van der Waals surface area (Å²) in [6.45, 7) is 12.8. The summed E-state index contributed by atoms with van der Waals surface area (Å²) in [5, 5.41) is 9.95. The van der Waals surface area contributed by atoms with E-state index in [1.165, 1.54) is 0 Å². The van der Waals surface area contributed by atoms with Crippen molar-refractivity contribution in [1.82, 2.24) is 9.88 Å². The van der Waals surface area contributed by atoms with Crippen LogP contribution in [-0.4, -0.2) is 47.2 Å². The molecule has 0 saturated carbocycles. The zero-order valence-corrected chi connectivity index (χ0v) is 13.1. The molecule has 20 heavy (non-hydrogen) atoms. The predicted octanol–water partition coefficient (Wildman–Crippen LogP) is 2.36. The highest BCUT2D eigenvalue weighted by Gasteiger charge is 2.20. The number of rotatable bonds is 4. The van der Waals surface area contributed by atoms with E-state index in [-0.39, 0.29) is 0 Å². The molecule has 1 saturated heterocycles. The van der Waals surface area contributed by atoms with Crippen molar-refractivity contribution in [1.29, 1.82) is 0 Å². The second-order valence-corrected chi connectivity index (χ2v) is 5.94. The van der Waals surface area contributed by atoms with Gasteiger partial charge in [-0.25, -0.2) is 4.98 Å². The summed E-state index contributed by atoms with van der Waals surface area (Å²) in [5.74, 6) is 1.04. The molecule has 1 aromatic heterocycles. The highest BCUT2D eigenvalue weighted by Crippen LogP contribution is 2.23. The summed E-state index contributed by atoms with van der Waals surface area (Å²) in [4.78, 5) is 9.39. The zero-order valence-electron chi connectivity index (χ0n) is 13.1. The van der Waals surface area contributed by atoms with E-state index in [1.807, 2.05) is 13.1 Å². The summed E-state index contributed by atoms with van der Waals surface area (Å²) < 4.78 is 0. The summed E-state index contributed by atoms with van der Waals surface area (Å²) >= 11 is 0. The highest BCUT2D eigenvalue weighted by atomic mass is 16.3. The van der Waals surface area contributed by atoms with Crippen LogP contribution in [0.1, 0.15) is 44.4 Å². The number of nitrogens with zero attached hydrogens (tertiary/aromatic N) is 3. The maximum absolute atomic E-state index is 9.95. The lowest BCUT2D eigenvalue weighted by molar-refractivity contribution is 0.172. The SMILES string of the molecule is CC[C@@H](O)c1cnc(N2CCN(C(C)C)CC2)cc1C. The lowest BCUT2D eigenvalue weighted by Gasteiger charge is -2.37. The Bertz CT molecular complexity index is 439. The van der Waals surface area contributed by atoms with Crippen molar-refractivity contribution in [3.63, 3.8) is 0 Å². The molecule has 1 aliphatic rings. The first-order valence-electron chi connectivity index (χ1n) is 7.66. The molecule has 112 valence electrons. The quantitative estimate of drug-likeness (QED) is 0.917. The van der Waals surface area contributed by atoms with Gasteiger partial charge >= 0.3 is 0 Å². The van der Waals surface area contributed by atoms with Crippen LogP contribution in [0.25, 0.3) is 0 Å². The third kappa shape index (κ3) is 3.30. The molecule has 0 radical (unpaired) electrons. The number of anilines is 1. The third-order valence-electron chi connectivity index (χ3n) is 4.25. The van der Waals surface area contributed by atoms with E-state index in [0.29, 0.717) is 6.04 Å². The third-order valence-corrected chi connectivity index (χ3v) is 4.25. The fourth-order valence-electron chi connectivity index (χ4n) is 2.76. The monoisotopic (exact) mass is 277 g/mol. The maximum Gasteiger partial charge on any atom is 0.128 e. The minimum Gasteiger partial charge on any atom is -0.388 e. The van der Waals surface area contributed by atoms with Gasteiger partial charge in [0.1, 0.15) is 5.82 Å². The first-order valence-corrected chi connectivity index (χ1v) is 7.66. The zero-order chi connectivity index (χ0) is 14.7. The number of aromatic nitrogens is 1. The Morgan fingerprint density at radius 1 is 1.25 bits per heavy atom. The van der Waals surface area contributed by atoms with Crippen molar-refractivity contribution in [2.24, 2.45) is 0 Å². The number of aryl methyl sites for hydroxylation is 1. The molecule has 0 aromatic carbocycles. The van der Waals surface area contributed by atoms with Gasteiger partial charge in [0, 0.05) is 44.0 Å². The van der Waals surface area contributed by atoms with Gasteiger partial charge in [0.25, 0.3) is 0 Å². The van der Waals surface area contributed by atoms with E-state index in [0.717, 1.165) is 49.5 Å². The predicted molar refractivity (Wildman–Crippen MR) is 83.1 cm³/mol. The Morgan fingerprint density at radius 2 is 1.90 bits per heavy atom. The molecule has 0 unspecified atom stereocenters. The molecule has 0 bridgehead atoms. The number of aliphatic hydroxyl groups is 1. The minimum atomic E-state index is -0.394. The molecule has 1 aromatic rings. The number of piperazine rings is 1. The van der Waals surface area contributed by atoms with Gasteiger partial charge in [-0.15, -0.1) is 0 Å². The first kappa shape index (κ1) is 15.3. The number of hydrogen-bond acceptors (Lipinski definition) is 4. The standard InChI is InChI=1S/C16H27N3O/c1-5-15(20)14-11-17-16(10-13(14)4)19-8-6-18(7-9-19)12(2)3/h10-12,15,20H,5-9H2,1-4H3/t15-/m1/s1. The van der Waals surface area contributed by atoms with E-state index in [2.05, 4.69) is 41.6 Å². The van der Waals surface area contributed by atoms with Crippen molar-refractivity contribution < 1.29 is 5.11 Å². The lowest BCUT2D eigenvalue weighted by atomic mass is 10.0. The fourth-order valence-corrected chi connectivity index (χ4v) is 2.76. The van der Waals surface area contributed by atoms with E-state index < -0.39 is 6.10 Å². The van der Waals surface area contributed by atoms with Gasteiger partial charge < -0.3 is 10.0 Å². The molecule has 4 heteroatoms. The maximum atomic E-state index is 9.95. The van der Waals surface area contributed by atoms with E-state index in [1.54, 1.807) is 0 Å². The number of aliphatic hydroxyl groups excluding tert-OH is 1. The largest absolute Gasteiger partial charge is 0.388 e. The van der Waals surface area contributed by atoms with Gasteiger partial charge in [-0.3, -0.25) is 4.90 Å². The second kappa shape index (κ2) is 6.55. The Morgan fingerprint density at radius 3 is 2.40 bits per heavy atom. The molecular weight excluding hydrogens is 250 g/mol. The van der Waals surface area contributed by atoms with Crippen molar-refractivity contribution in [2.75, 3.05) is 31.1 Å². The molecule has 0 spiro atoms. The average Bonchev–Trinajstić information content (AvgIpc) is 2.46. The average molecular weight is 277 g/mol. The molecule has 2 rings (SSSR count). The molecular formula is C16H27N3O. The molecule has 1 N–H and O–H groups in total. The van der Waals surface area contributed by atoms with Gasteiger partial charge in [0.15, 0.2) is 0 Å². The van der Waals surface area contributed by atoms with Crippen LogP contribution < -0.4 is 4.90 Å². The summed E-state index contributed by atoms with van der Waals surface area (Å²) in [6, 6.07) is 2.73. The molecule has 1 aliphatic heterocycles. The van der Waals surface area contributed by atoms with Crippen LogP contribution in [0.3, 0.4) is 0 Å². The topological polar surface area (TPSA) is 39.6 Å². The highest BCUT2D eigenvalue weighted by molar-refractivity contribution is 5.44. The van der Waals surface area contributed by atoms with Crippen LogP contribution in [0.15, 0.2) is 12.3 Å². The fraction of sp³-hybridized carbons (Fsp3) is 0.688. The summed E-state index contributed by atoms with van der Waals surface area (Å²) in [7, 11) is 0. The Labute approximate surface area is 122 Å². The van der Waals surface area contributed by atoms with Crippen LogP contribution in [0.5, 0.6) is 0 Å². The van der Waals surface area contributed by atoms with Gasteiger partial charge in [-0.2, -0.15) is 0 Å². The van der Waals surface area contributed by atoms with Gasteiger partial charge in [-0.1, -0.05) is 6.92 Å².